The zero-order chi connectivity index (χ0) is 22.1. The van der Waals surface area contributed by atoms with Crippen molar-refractivity contribution in [3.05, 3.63) is 58.8 Å². The highest BCUT2D eigenvalue weighted by Gasteiger charge is 2.24. The molecule has 1 amide bonds. The van der Waals surface area contributed by atoms with E-state index in [2.05, 4.69) is 9.97 Å². The first-order valence-electron chi connectivity index (χ1n) is 8.53. The number of carbonyl (C=O) groups is 1. The second-order valence-electron chi connectivity index (χ2n) is 6.15. The summed E-state index contributed by atoms with van der Waals surface area (Å²) in [6.45, 7) is 1.58. The molecule has 12 heteroatoms. The minimum Gasteiger partial charge on any atom is -0.317 e. The number of sulfonamides is 1. The van der Waals surface area contributed by atoms with Crippen molar-refractivity contribution in [3.63, 3.8) is 0 Å². The first-order valence-corrected chi connectivity index (χ1v) is 10.6. The number of hydrogen-bond donors (Lipinski definition) is 2. The average molecular weight is 459 g/mol. The Morgan fingerprint density at radius 2 is 1.90 bits per heavy atom. The first-order chi connectivity index (χ1) is 14.1. The van der Waals surface area contributed by atoms with Crippen LogP contribution in [0.5, 0.6) is 0 Å². The van der Waals surface area contributed by atoms with Crippen LogP contribution in [0.15, 0.2) is 30.6 Å². The third-order valence-corrected chi connectivity index (χ3v) is 5.77. The zero-order valence-electron chi connectivity index (χ0n) is 15.3. The van der Waals surface area contributed by atoms with Crippen LogP contribution < -0.4 is 10.0 Å². The maximum Gasteiger partial charge on any atom is 0.258 e. The fourth-order valence-corrected chi connectivity index (χ4v) is 4.01. The van der Waals surface area contributed by atoms with Gasteiger partial charge < -0.3 is 5.32 Å². The summed E-state index contributed by atoms with van der Waals surface area (Å²) in [5, 5.41) is 2.32. The van der Waals surface area contributed by atoms with E-state index in [1.807, 2.05) is 10.0 Å². The van der Waals surface area contributed by atoms with Crippen molar-refractivity contribution in [1.82, 2.24) is 9.97 Å². The van der Waals surface area contributed by atoms with E-state index in [4.69, 9.17) is 11.6 Å². The topological polar surface area (TPSA) is 101 Å². The predicted molar refractivity (Wildman–Crippen MR) is 107 cm³/mol. The van der Waals surface area contributed by atoms with Crippen molar-refractivity contribution in [2.75, 3.05) is 15.8 Å². The molecule has 0 saturated carbocycles. The molecular formula is C18H14ClF3N4O3S. The number of aromatic nitrogens is 2. The molecule has 2 aromatic carbocycles. The van der Waals surface area contributed by atoms with Gasteiger partial charge in [-0.05, 0) is 18.6 Å². The Balaban J connectivity index is 2.03. The van der Waals surface area contributed by atoms with Crippen molar-refractivity contribution in [2.24, 2.45) is 0 Å². The summed E-state index contributed by atoms with van der Waals surface area (Å²) in [7, 11) is -3.99. The SMILES string of the molecule is CCCS(=O)(=O)Nc1cc(F)c(F)c(NC(=O)c2cccc3c(Cl)ncnc23)c1F. The average Bonchev–Trinajstić information content (AvgIpc) is 2.69. The highest BCUT2D eigenvalue weighted by molar-refractivity contribution is 7.92. The van der Waals surface area contributed by atoms with E-state index >= 15 is 0 Å². The molecule has 0 saturated heterocycles. The summed E-state index contributed by atoms with van der Waals surface area (Å²) in [5.41, 5.74) is -1.98. The molecule has 3 aromatic rings. The lowest BCUT2D eigenvalue weighted by molar-refractivity contribution is 0.102. The molecule has 2 N–H and O–H groups in total. The standard InChI is InChI=1S/C18H14ClF3N4O3S/c1-2-6-30(28,29)26-12-7-11(20)13(21)16(14(12)22)25-18(27)10-5-3-4-9-15(10)23-8-24-17(9)19/h3-5,7-8,26H,2,6H2,1H3,(H,25,27). The van der Waals surface area contributed by atoms with Crippen LogP contribution in [-0.4, -0.2) is 30.0 Å². The Morgan fingerprint density at radius 1 is 1.17 bits per heavy atom. The maximum absolute atomic E-state index is 14.7. The summed E-state index contributed by atoms with van der Waals surface area (Å²) in [6, 6.07) is 4.67. The van der Waals surface area contributed by atoms with Gasteiger partial charge in [-0.1, -0.05) is 24.6 Å². The molecule has 0 bridgehead atoms. The molecule has 158 valence electrons. The van der Waals surface area contributed by atoms with E-state index < -0.39 is 44.8 Å². The molecule has 0 radical (unpaired) electrons. The lowest BCUT2D eigenvalue weighted by Gasteiger charge is -2.14. The molecule has 0 spiro atoms. The van der Waals surface area contributed by atoms with E-state index in [0.29, 0.717) is 11.5 Å². The third kappa shape index (κ3) is 4.31. The summed E-state index contributed by atoms with van der Waals surface area (Å²) < 4.78 is 68.5. The Kier molecular flexibility index (Phi) is 6.13. The van der Waals surface area contributed by atoms with Crippen LogP contribution in [0.1, 0.15) is 23.7 Å². The van der Waals surface area contributed by atoms with Crippen LogP contribution in [-0.2, 0) is 10.0 Å². The number of anilines is 2. The van der Waals surface area contributed by atoms with E-state index in [0.717, 1.165) is 6.33 Å². The monoisotopic (exact) mass is 458 g/mol. The minimum atomic E-state index is -3.99. The number of para-hydroxylation sites is 1. The fourth-order valence-electron chi connectivity index (χ4n) is 2.70. The fraction of sp³-hybridized carbons (Fsp3) is 0.167. The second kappa shape index (κ2) is 8.44. The van der Waals surface area contributed by atoms with E-state index in [9.17, 15) is 26.4 Å². The normalized spacial score (nSPS) is 11.5. The molecule has 0 atom stereocenters. The summed E-state index contributed by atoms with van der Waals surface area (Å²) in [5.74, 6) is -6.09. The number of hydrogen-bond acceptors (Lipinski definition) is 5. The largest absolute Gasteiger partial charge is 0.317 e. The van der Waals surface area contributed by atoms with Gasteiger partial charge in [-0.15, -0.1) is 0 Å². The smallest absolute Gasteiger partial charge is 0.258 e. The number of fused-ring (bicyclic) bond motifs is 1. The molecule has 0 aliphatic heterocycles. The highest BCUT2D eigenvalue weighted by atomic mass is 35.5. The van der Waals surface area contributed by atoms with Gasteiger partial charge in [0.05, 0.1) is 22.5 Å². The molecule has 0 aliphatic rings. The van der Waals surface area contributed by atoms with Crippen LogP contribution in [0.25, 0.3) is 10.9 Å². The van der Waals surface area contributed by atoms with Crippen LogP contribution in [0.4, 0.5) is 24.5 Å². The van der Waals surface area contributed by atoms with Crippen LogP contribution in [0, 0.1) is 17.5 Å². The van der Waals surface area contributed by atoms with E-state index in [1.54, 1.807) is 13.0 Å². The van der Waals surface area contributed by atoms with Crippen molar-refractivity contribution < 1.29 is 26.4 Å². The number of nitrogens with one attached hydrogen (secondary N) is 2. The van der Waals surface area contributed by atoms with Crippen LogP contribution >= 0.6 is 11.6 Å². The van der Waals surface area contributed by atoms with Crippen molar-refractivity contribution >= 4 is 49.8 Å². The number of halogens is 4. The molecule has 30 heavy (non-hydrogen) atoms. The number of carbonyl (C=O) groups excluding carboxylic acids is 1. The van der Waals surface area contributed by atoms with Crippen LogP contribution in [0.2, 0.25) is 5.15 Å². The lowest BCUT2D eigenvalue weighted by Crippen LogP contribution is -2.20. The van der Waals surface area contributed by atoms with Gasteiger partial charge in [-0.2, -0.15) is 0 Å². The molecule has 0 unspecified atom stereocenters. The maximum atomic E-state index is 14.7. The molecule has 0 fully saturated rings. The summed E-state index contributed by atoms with van der Waals surface area (Å²) >= 11 is 5.96. The minimum absolute atomic E-state index is 0.0605. The van der Waals surface area contributed by atoms with E-state index in [-0.39, 0.29) is 28.4 Å². The van der Waals surface area contributed by atoms with Gasteiger partial charge in [0, 0.05) is 11.5 Å². The summed E-state index contributed by atoms with van der Waals surface area (Å²) in [6.07, 6.45) is 1.32. The molecule has 1 heterocycles. The lowest BCUT2D eigenvalue weighted by atomic mass is 10.1. The Hall–Kier alpha value is -2.92. The number of amides is 1. The van der Waals surface area contributed by atoms with Crippen molar-refractivity contribution in [2.45, 2.75) is 13.3 Å². The van der Waals surface area contributed by atoms with Gasteiger partial charge in [0.2, 0.25) is 10.0 Å². The van der Waals surface area contributed by atoms with Crippen molar-refractivity contribution in [3.8, 4) is 0 Å². The Morgan fingerprint density at radius 3 is 2.60 bits per heavy atom. The molecule has 3 rings (SSSR count). The van der Waals surface area contributed by atoms with Gasteiger partial charge >= 0.3 is 0 Å². The van der Waals surface area contributed by atoms with Crippen molar-refractivity contribution in [1.29, 1.82) is 0 Å². The van der Waals surface area contributed by atoms with Gasteiger partial charge in [0.15, 0.2) is 17.5 Å². The quantitative estimate of drug-likeness (QED) is 0.427. The molecule has 7 nitrogen and oxygen atoms in total. The van der Waals surface area contributed by atoms with Gasteiger partial charge in [-0.25, -0.2) is 31.6 Å². The zero-order valence-corrected chi connectivity index (χ0v) is 16.9. The Labute approximate surface area is 174 Å². The van der Waals surface area contributed by atoms with E-state index in [1.165, 1.54) is 12.1 Å². The Bertz CT molecular complexity index is 1260. The van der Waals surface area contributed by atoms with Gasteiger partial charge in [-0.3, -0.25) is 9.52 Å². The number of rotatable bonds is 6. The first kappa shape index (κ1) is 21.8. The number of nitrogens with zero attached hydrogens (tertiary/aromatic N) is 2. The number of benzene rings is 2. The van der Waals surface area contributed by atoms with Gasteiger partial charge in [0.25, 0.3) is 5.91 Å². The highest BCUT2D eigenvalue weighted by Crippen LogP contribution is 2.30. The summed E-state index contributed by atoms with van der Waals surface area (Å²) in [4.78, 5) is 20.4. The third-order valence-electron chi connectivity index (χ3n) is 3.99. The second-order valence-corrected chi connectivity index (χ2v) is 8.35. The molecular weight excluding hydrogens is 445 g/mol. The van der Waals surface area contributed by atoms with Crippen LogP contribution in [0.3, 0.4) is 0 Å². The molecule has 0 aliphatic carbocycles. The van der Waals surface area contributed by atoms with Gasteiger partial charge in [0.1, 0.15) is 17.2 Å². The molecule has 1 aromatic heterocycles. The predicted octanol–water partition coefficient (Wildman–Crippen LogP) is 4.10.